The predicted octanol–water partition coefficient (Wildman–Crippen LogP) is 3.31. The largest absolute Gasteiger partial charge is 0.277 e. The van der Waals surface area contributed by atoms with Gasteiger partial charge in [0.2, 0.25) is 11.8 Å². The molecule has 3 atom stereocenters. The number of imide groups is 1. The van der Waals surface area contributed by atoms with Crippen LogP contribution in [-0.2, 0) is 26.9 Å². The van der Waals surface area contributed by atoms with Crippen LogP contribution in [0.1, 0.15) is 18.4 Å². The Balaban J connectivity index is 1.90. The van der Waals surface area contributed by atoms with Gasteiger partial charge in [-0.1, -0.05) is 54.6 Å². The molecule has 1 aliphatic heterocycles. The van der Waals surface area contributed by atoms with Crippen LogP contribution in [0.3, 0.4) is 0 Å². The topological polar surface area (TPSA) is 54.5 Å². The molecule has 0 N–H and O–H groups in total. The molecule has 0 radical (unpaired) electrons. The number of hydrogen-bond donors (Lipinski definition) is 0. The molecular weight excluding hydrogens is 346 g/mol. The Morgan fingerprint density at radius 3 is 2.23 bits per heavy atom. The fourth-order valence-corrected chi connectivity index (χ4v) is 4.65. The summed E-state index contributed by atoms with van der Waals surface area (Å²) in [5.41, 5.74) is 0.873. The van der Waals surface area contributed by atoms with Crippen LogP contribution in [0.2, 0.25) is 0 Å². The number of hydrogen-bond acceptors (Lipinski definition) is 3. The molecule has 4 nitrogen and oxygen atoms in total. The SMILES string of the molecule is C=CCC1CC(S(=O)c2ccccc2)C(=O)N(Cc2ccccc2)C1=O. The van der Waals surface area contributed by atoms with E-state index in [9.17, 15) is 13.8 Å². The molecule has 0 bridgehead atoms. The van der Waals surface area contributed by atoms with Crippen LogP contribution >= 0.6 is 0 Å². The van der Waals surface area contributed by atoms with E-state index in [1.807, 2.05) is 36.4 Å². The van der Waals surface area contributed by atoms with Crippen LogP contribution in [0.15, 0.2) is 78.2 Å². The number of allylic oxidation sites excluding steroid dienone is 1. The number of rotatable bonds is 6. The van der Waals surface area contributed by atoms with Gasteiger partial charge in [0.15, 0.2) is 0 Å². The first-order valence-corrected chi connectivity index (χ1v) is 9.78. The van der Waals surface area contributed by atoms with Crippen molar-refractivity contribution >= 4 is 22.6 Å². The van der Waals surface area contributed by atoms with Gasteiger partial charge >= 0.3 is 0 Å². The molecule has 1 saturated heterocycles. The highest BCUT2D eigenvalue weighted by Crippen LogP contribution is 2.29. The molecule has 1 fully saturated rings. The molecule has 0 aliphatic carbocycles. The van der Waals surface area contributed by atoms with Gasteiger partial charge in [0.25, 0.3) is 0 Å². The van der Waals surface area contributed by atoms with Gasteiger partial charge in [0.05, 0.1) is 17.3 Å². The molecule has 3 rings (SSSR count). The van der Waals surface area contributed by atoms with Gasteiger partial charge in [-0.25, -0.2) is 0 Å². The maximum Gasteiger partial charge on any atom is 0.245 e. The van der Waals surface area contributed by atoms with Crippen molar-refractivity contribution in [1.29, 1.82) is 0 Å². The van der Waals surface area contributed by atoms with E-state index in [4.69, 9.17) is 0 Å². The number of carbonyl (C=O) groups excluding carboxylic acids is 2. The highest BCUT2D eigenvalue weighted by Gasteiger charge is 2.43. The monoisotopic (exact) mass is 367 g/mol. The van der Waals surface area contributed by atoms with Crippen LogP contribution in [0.4, 0.5) is 0 Å². The van der Waals surface area contributed by atoms with E-state index in [1.165, 1.54) is 4.90 Å². The molecule has 1 aliphatic rings. The quantitative estimate of drug-likeness (QED) is 0.581. The average Bonchev–Trinajstić information content (AvgIpc) is 2.68. The van der Waals surface area contributed by atoms with Crippen LogP contribution in [0.5, 0.6) is 0 Å². The Morgan fingerprint density at radius 1 is 1.00 bits per heavy atom. The Bertz CT molecular complexity index is 816. The van der Waals surface area contributed by atoms with Gasteiger partial charge in [-0.15, -0.1) is 6.58 Å². The predicted molar refractivity (Wildman–Crippen MR) is 102 cm³/mol. The first-order valence-electron chi connectivity index (χ1n) is 8.57. The molecule has 2 amide bonds. The molecule has 0 saturated carbocycles. The van der Waals surface area contributed by atoms with E-state index in [1.54, 1.807) is 30.3 Å². The third-order valence-corrected chi connectivity index (χ3v) is 6.17. The van der Waals surface area contributed by atoms with Gasteiger partial charge < -0.3 is 0 Å². The second-order valence-corrected chi connectivity index (χ2v) is 7.94. The van der Waals surface area contributed by atoms with E-state index in [2.05, 4.69) is 6.58 Å². The van der Waals surface area contributed by atoms with Crippen molar-refractivity contribution in [2.45, 2.75) is 29.5 Å². The molecule has 0 aromatic heterocycles. The lowest BCUT2D eigenvalue weighted by atomic mass is 9.92. The lowest BCUT2D eigenvalue weighted by molar-refractivity contribution is -0.152. The summed E-state index contributed by atoms with van der Waals surface area (Å²) in [6.45, 7) is 3.92. The fraction of sp³-hybridized carbons (Fsp3) is 0.238. The first-order chi connectivity index (χ1) is 12.6. The van der Waals surface area contributed by atoms with Gasteiger partial charge in [0, 0.05) is 10.8 Å². The van der Waals surface area contributed by atoms with Crippen molar-refractivity contribution in [2.24, 2.45) is 5.92 Å². The third kappa shape index (κ3) is 3.83. The maximum absolute atomic E-state index is 13.0. The number of nitrogens with zero attached hydrogens (tertiary/aromatic N) is 1. The standard InChI is InChI=1S/C21H21NO3S/c1-2-9-17-14-19(26(25)18-12-7-4-8-13-18)21(24)22(20(17)23)15-16-10-5-3-6-11-16/h2-8,10-13,17,19H,1,9,14-15H2. The van der Waals surface area contributed by atoms with Crippen LogP contribution in [0.25, 0.3) is 0 Å². The molecule has 134 valence electrons. The zero-order valence-electron chi connectivity index (χ0n) is 14.4. The summed E-state index contributed by atoms with van der Waals surface area (Å²) < 4.78 is 13.0. The molecule has 0 spiro atoms. The third-order valence-electron chi connectivity index (χ3n) is 4.52. The second-order valence-electron chi connectivity index (χ2n) is 6.30. The number of carbonyl (C=O) groups is 2. The van der Waals surface area contributed by atoms with E-state index in [-0.39, 0.29) is 30.7 Å². The van der Waals surface area contributed by atoms with Crippen molar-refractivity contribution < 1.29 is 13.8 Å². The minimum atomic E-state index is -1.50. The van der Waals surface area contributed by atoms with Crippen molar-refractivity contribution in [3.8, 4) is 0 Å². The van der Waals surface area contributed by atoms with Gasteiger partial charge in [0.1, 0.15) is 5.25 Å². The normalized spacial score (nSPS) is 21.5. The van der Waals surface area contributed by atoms with Gasteiger partial charge in [-0.2, -0.15) is 0 Å². The minimum absolute atomic E-state index is 0.203. The Labute approximate surface area is 156 Å². The minimum Gasteiger partial charge on any atom is -0.277 e. The molecule has 3 unspecified atom stereocenters. The molecular formula is C21H21NO3S. The summed E-state index contributed by atoms with van der Waals surface area (Å²) in [5.74, 6) is -0.937. The van der Waals surface area contributed by atoms with Crippen LogP contribution in [-0.4, -0.2) is 26.2 Å². The van der Waals surface area contributed by atoms with Crippen molar-refractivity contribution in [2.75, 3.05) is 0 Å². The lowest BCUT2D eigenvalue weighted by Crippen LogP contribution is -2.52. The van der Waals surface area contributed by atoms with Crippen molar-refractivity contribution in [3.05, 3.63) is 78.9 Å². The van der Waals surface area contributed by atoms with Crippen LogP contribution in [0, 0.1) is 5.92 Å². The van der Waals surface area contributed by atoms with Crippen molar-refractivity contribution in [1.82, 2.24) is 4.90 Å². The first kappa shape index (κ1) is 18.3. The number of amides is 2. The summed E-state index contributed by atoms with van der Waals surface area (Å²) in [5, 5.41) is -0.719. The smallest absolute Gasteiger partial charge is 0.245 e. The van der Waals surface area contributed by atoms with E-state index < -0.39 is 16.0 Å². The summed E-state index contributed by atoms with van der Waals surface area (Å²) in [6.07, 6.45) is 2.44. The van der Waals surface area contributed by atoms with E-state index in [0.29, 0.717) is 11.3 Å². The number of benzene rings is 2. The van der Waals surface area contributed by atoms with Gasteiger partial charge in [-0.3, -0.25) is 18.7 Å². The van der Waals surface area contributed by atoms with Crippen molar-refractivity contribution in [3.63, 3.8) is 0 Å². The summed E-state index contributed by atoms with van der Waals surface area (Å²) >= 11 is 0. The Hall–Kier alpha value is -2.53. The highest BCUT2D eigenvalue weighted by molar-refractivity contribution is 7.86. The second kappa shape index (κ2) is 8.23. The summed E-state index contributed by atoms with van der Waals surface area (Å²) in [4.78, 5) is 27.7. The van der Waals surface area contributed by atoms with E-state index in [0.717, 1.165) is 5.56 Å². The Kier molecular flexibility index (Phi) is 5.78. The zero-order chi connectivity index (χ0) is 18.5. The maximum atomic E-state index is 13.0. The highest BCUT2D eigenvalue weighted by atomic mass is 32.2. The molecule has 1 heterocycles. The summed E-state index contributed by atoms with van der Waals surface area (Å²) in [6, 6.07) is 18.3. The average molecular weight is 367 g/mol. The number of piperidine rings is 1. The number of likely N-dealkylation sites (tertiary alicyclic amines) is 1. The Morgan fingerprint density at radius 2 is 1.62 bits per heavy atom. The van der Waals surface area contributed by atoms with E-state index >= 15 is 0 Å². The molecule has 2 aromatic rings. The van der Waals surface area contributed by atoms with Gasteiger partial charge in [-0.05, 0) is 30.5 Å². The fourth-order valence-electron chi connectivity index (χ4n) is 3.18. The summed E-state index contributed by atoms with van der Waals surface area (Å²) in [7, 11) is -1.50. The van der Waals surface area contributed by atoms with Crippen LogP contribution < -0.4 is 0 Å². The molecule has 5 heteroatoms. The lowest BCUT2D eigenvalue weighted by Gasteiger charge is -2.35. The molecule has 26 heavy (non-hydrogen) atoms. The molecule has 2 aromatic carbocycles. The zero-order valence-corrected chi connectivity index (χ0v) is 15.2.